The van der Waals surface area contributed by atoms with Gasteiger partial charge in [0.05, 0.1) is 20.1 Å². The van der Waals surface area contributed by atoms with E-state index >= 15 is 0 Å². The number of amides is 2. The van der Waals surface area contributed by atoms with E-state index in [1.807, 2.05) is 5.43 Å². The van der Waals surface area contributed by atoms with Crippen molar-refractivity contribution >= 4 is 11.8 Å². The molecule has 0 atom stereocenters. The second kappa shape index (κ2) is 6.45. The number of methoxy groups -OCH3 is 1. The zero-order chi connectivity index (χ0) is 13.5. The van der Waals surface area contributed by atoms with Crippen molar-refractivity contribution in [2.75, 3.05) is 13.7 Å². The summed E-state index contributed by atoms with van der Waals surface area (Å²) in [4.78, 5) is 22.0. The Kier molecular flexibility index (Phi) is 4.94. The van der Waals surface area contributed by atoms with Crippen LogP contribution in [0.25, 0.3) is 0 Å². The van der Waals surface area contributed by atoms with Crippen molar-refractivity contribution in [1.82, 2.24) is 5.43 Å². The minimum absolute atomic E-state index is 0.111. The average molecular weight is 253 g/mol. The molecular formula is C11H15N3O4. The van der Waals surface area contributed by atoms with Crippen LogP contribution in [0.3, 0.4) is 0 Å². The van der Waals surface area contributed by atoms with E-state index in [2.05, 4.69) is 0 Å². The van der Waals surface area contributed by atoms with Crippen LogP contribution >= 0.6 is 0 Å². The number of hydrazine groups is 1. The number of ether oxygens (including phenoxy) is 2. The van der Waals surface area contributed by atoms with E-state index < -0.39 is 5.91 Å². The van der Waals surface area contributed by atoms with Crippen LogP contribution < -0.4 is 26.5 Å². The molecular weight excluding hydrogens is 238 g/mol. The lowest BCUT2D eigenvalue weighted by atomic mass is 10.2. The zero-order valence-electron chi connectivity index (χ0n) is 9.93. The van der Waals surface area contributed by atoms with Gasteiger partial charge in [-0.15, -0.1) is 0 Å². The fourth-order valence-corrected chi connectivity index (χ4v) is 1.25. The molecule has 0 fully saturated rings. The van der Waals surface area contributed by atoms with Crippen LogP contribution in [0, 0.1) is 0 Å². The van der Waals surface area contributed by atoms with Crippen molar-refractivity contribution in [1.29, 1.82) is 0 Å². The number of benzene rings is 1. The number of carbonyl (C=O) groups excluding carboxylic acids is 2. The SMILES string of the molecule is COc1cc(OCCC(=O)NN)cc(C(N)=O)c1. The molecule has 0 saturated carbocycles. The summed E-state index contributed by atoms with van der Waals surface area (Å²) in [6.07, 6.45) is 0.111. The molecule has 0 unspecified atom stereocenters. The van der Waals surface area contributed by atoms with Gasteiger partial charge in [-0.2, -0.15) is 0 Å². The third-order valence-electron chi connectivity index (χ3n) is 2.16. The Morgan fingerprint density at radius 2 is 1.94 bits per heavy atom. The number of primary amides is 1. The van der Waals surface area contributed by atoms with E-state index in [0.717, 1.165) is 0 Å². The van der Waals surface area contributed by atoms with E-state index in [-0.39, 0.29) is 24.5 Å². The van der Waals surface area contributed by atoms with Gasteiger partial charge in [0.15, 0.2) is 0 Å². The molecule has 1 aromatic rings. The summed E-state index contributed by atoms with van der Waals surface area (Å²) in [6, 6.07) is 4.57. The summed E-state index contributed by atoms with van der Waals surface area (Å²) in [5.74, 6) is 4.85. The van der Waals surface area contributed by atoms with Crippen LogP contribution in [0.5, 0.6) is 11.5 Å². The third-order valence-corrected chi connectivity index (χ3v) is 2.16. The lowest BCUT2D eigenvalue weighted by molar-refractivity contribution is -0.121. The number of nitrogens with two attached hydrogens (primary N) is 2. The average Bonchev–Trinajstić information content (AvgIpc) is 2.37. The summed E-state index contributed by atoms with van der Waals surface area (Å²) >= 11 is 0. The number of rotatable bonds is 6. The molecule has 0 saturated heterocycles. The van der Waals surface area contributed by atoms with E-state index in [1.54, 1.807) is 6.07 Å². The highest BCUT2D eigenvalue weighted by atomic mass is 16.5. The highest BCUT2D eigenvalue weighted by Crippen LogP contribution is 2.22. The number of carbonyl (C=O) groups is 2. The van der Waals surface area contributed by atoms with Crippen molar-refractivity contribution in [3.05, 3.63) is 23.8 Å². The first-order valence-electron chi connectivity index (χ1n) is 5.18. The number of hydrogen-bond donors (Lipinski definition) is 3. The Balaban J connectivity index is 2.72. The van der Waals surface area contributed by atoms with Gasteiger partial charge in [0.1, 0.15) is 11.5 Å². The van der Waals surface area contributed by atoms with Gasteiger partial charge in [-0.1, -0.05) is 0 Å². The zero-order valence-corrected chi connectivity index (χ0v) is 9.93. The molecule has 7 nitrogen and oxygen atoms in total. The maximum atomic E-state index is 11.1. The standard InChI is InChI=1S/C11H15N3O4/c1-17-8-4-7(11(12)16)5-9(6-8)18-3-2-10(15)14-13/h4-6H,2-3,13H2,1H3,(H2,12,16)(H,14,15). The summed E-state index contributed by atoms with van der Waals surface area (Å²) in [7, 11) is 1.46. The minimum Gasteiger partial charge on any atom is -0.497 e. The molecule has 5 N–H and O–H groups in total. The Morgan fingerprint density at radius 3 is 2.50 bits per heavy atom. The Labute approximate surface area is 104 Å². The minimum atomic E-state index is -0.585. The molecule has 0 aliphatic carbocycles. The van der Waals surface area contributed by atoms with Crippen molar-refractivity contribution in [2.45, 2.75) is 6.42 Å². The highest BCUT2D eigenvalue weighted by molar-refractivity contribution is 5.93. The van der Waals surface area contributed by atoms with Crippen molar-refractivity contribution in [3.63, 3.8) is 0 Å². The summed E-state index contributed by atoms with van der Waals surface area (Å²) in [5, 5.41) is 0. The fourth-order valence-electron chi connectivity index (χ4n) is 1.25. The Bertz CT molecular complexity index is 448. The number of hydrogen-bond acceptors (Lipinski definition) is 5. The van der Waals surface area contributed by atoms with E-state index in [9.17, 15) is 9.59 Å². The maximum Gasteiger partial charge on any atom is 0.248 e. The largest absolute Gasteiger partial charge is 0.497 e. The number of nitrogens with one attached hydrogen (secondary N) is 1. The van der Waals surface area contributed by atoms with E-state index in [0.29, 0.717) is 11.5 Å². The first-order valence-corrected chi connectivity index (χ1v) is 5.18. The highest BCUT2D eigenvalue weighted by Gasteiger charge is 2.07. The predicted octanol–water partition coefficient (Wildman–Crippen LogP) is -0.447. The van der Waals surface area contributed by atoms with Crippen LogP contribution in [-0.4, -0.2) is 25.5 Å². The van der Waals surface area contributed by atoms with E-state index in [1.165, 1.54) is 19.2 Å². The van der Waals surface area contributed by atoms with Gasteiger partial charge in [-0.25, -0.2) is 5.84 Å². The summed E-state index contributed by atoms with van der Waals surface area (Å²) < 4.78 is 10.3. The molecule has 0 bridgehead atoms. The van der Waals surface area contributed by atoms with Gasteiger partial charge < -0.3 is 15.2 Å². The molecule has 1 aromatic carbocycles. The fraction of sp³-hybridized carbons (Fsp3) is 0.273. The second-order valence-electron chi connectivity index (χ2n) is 3.43. The molecule has 0 aliphatic rings. The first-order chi connectivity index (χ1) is 8.56. The molecule has 7 heteroatoms. The molecule has 18 heavy (non-hydrogen) atoms. The van der Waals surface area contributed by atoms with Crippen molar-refractivity contribution in [2.24, 2.45) is 11.6 Å². The van der Waals surface area contributed by atoms with Crippen molar-refractivity contribution in [3.8, 4) is 11.5 Å². The first kappa shape index (κ1) is 13.8. The second-order valence-corrected chi connectivity index (χ2v) is 3.43. The van der Waals surface area contributed by atoms with E-state index in [4.69, 9.17) is 21.1 Å². The van der Waals surface area contributed by atoms with Crippen molar-refractivity contribution < 1.29 is 19.1 Å². The molecule has 2 amide bonds. The molecule has 1 rings (SSSR count). The smallest absolute Gasteiger partial charge is 0.248 e. The van der Waals surface area contributed by atoms with Crippen LogP contribution in [0.15, 0.2) is 18.2 Å². The molecule has 0 radical (unpaired) electrons. The predicted molar refractivity (Wildman–Crippen MR) is 64.0 cm³/mol. The molecule has 0 aliphatic heterocycles. The van der Waals surface area contributed by atoms with Crippen LogP contribution in [0.4, 0.5) is 0 Å². The Morgan fingerprint density at radius 1 is 1.28 bits per heavy atom. The van der Waals surface area contributed by atoms with Crippen LogP contribution in [0.2, 0.25) is 0 Å². The van der Waals surface area contributed by atoms with Gasteiger partial charge in [0, 0.05) is 11.6 Å². The molecule has 0 aromatic heterocycles. The lowest BCUT2D eigenvalue weighted by Crippen LogP contribution is -2.31. The van der Waals surface area contributed by atoms with Crippen LogP contribution in [0.1, 0.15) is 16.8 Å². The topological polar surface area (TPSA) is 117 Å². The quantitative estimate of drug-likeness (QED) is 0.361. The van der Waals surface area contributed by atoms with Gasteiger partial charge in [0.2, 0.25) is 11.8 Å². The monoisotopic (exact) mass is 253 g/mol. The normalized spacial score (nSPS) is 9.67. The maximum absolute atomic E-state index is 11.1. The van der Waals surface area contributed by atoms with Gasteiger partial charge in [-0.05, 0) is 12.1 Å². The molecule has 0 spiro atoms. The summed E-state index contributed by atoms with van der Waals surface area (Å²) in [5.41, 5.74) is 7.43. The van der Waals surface area contributed by atoms with Gasteiger partial charge >= 0.3 is 0 Å². The van der Waals surface area contributed by atoms with Gasteiger partial charge in [0.25, 0.3) is 0 Å². The van der Waals surface area contributed by atoms with Gasteiger partial charge in [-0.3, -0.25) is 15.0 Å². The Hall–Kier alpha value is -2.28. The molecule has 98 valence electrons. The lowest BCUT2D eigenvalue weighted by Gasteiger charge is -2.09. The third kappa shape index (κ3) is 3.95. The summed E-state index contributed by atoms with van der Waals surface area (Å²) in [6.45, 7) is 0.133. The van der Waals surface area contributed by atoms with Crippen LogP contribution in [-0.2, 0) is 4.79 Å². The molecule has 0 heterocycles.